The summed E-state index contributed by atoms with van der Waals surface area (Å²) in [5, 5.41) is 3.52. The second-order valence-corrected chi connectivity index (χ2v) is 9.99. The highest BCUT2D eigenvalue weighted by Crippen LogP contribution is 2.32. The lowest BCUT2D eigenvalue weighted by atomic mass is 10.1. The van der Waals surface area contributed by atoms with Crippen molar-refractivity contribution in [1.82, 2.24) is 9.88 Å². The first kappa shape index (κ1) is 21.9. The molecule has 0 aliphatic carbocycles. The summed E-state index contributed by atoms with van der Waals surface area (Å²) in [5.74, 6) is -0.107. The Morgan fingerprint density at radius 3 is 2.55 bits per heavy atom. The van der Waals surface area contributed by atoms with Crippen molar-refractivity contribution in [2.75, 3.05) is 0 Å². The molecule has 4 rings (SSSR count). The predicted molar refractivity (Wildman–Crippen MR) is 139 cm³/mol. The maximum absolute atomic E-state index is 12.6. The maximum Gasteiger partial charge on any atom is 0.264 e. The van der Waals surface area contributed by atoms with Gasteiger partial charge in [0.2, 0.25) is 0 Å². The van der Waals surface area contributed by atoms with Crippen LogP contribution in [-0.2, 0) is 4.79 Å². The molecule has 2 aromatic carbocycles. The number of hydrogen-bond acceptors (Lipinski definition) is 3. The van der Waals surface area contributed by atoms with Gasteiger partial charge in [0.1, 0.15) is 0 Å². The van der Waals surface area contributed by atoms with Crippen molar-refractivity contribution in [3.05, 3.63) is 84.6 Å². The molecule has 1 saturated heterocycles. The van der Waals surface area contributed by atoms with E-state index in [-0.39, 0.29) is 5.91 Å². The van der Waals surface area contributed by atoms with Gasteiger partial charge >= 0.3 is 0 Å². The van der Waals surface area contributed by atoms with E-state index in [0.29, 0.717) is 10.1 Å². The van der Waals surface area contributed by atoms with E-state index in [4.69, 9.17) is 0 Å². The number of amidine groups is 1. The van der Waals surface area contributed by atoms with Crippen LogP contribution in [-0.4, -0.2) is 15.6 Å². The standard InChI is InChI=1S/C25H24IN3OS/c1-14-7-6-8-22(17(14)4)27-25-28-24(30)23(31-25)13-19-12-16(3)29(18(19)5)20-9-10-21(26)15(2)11-20/h6-13H,1-5H3,(H,27,28,30)/b23-13-. The van der Waals surface area contributed by atoms with Crippen LogP contribution >= 0.6 is 34.4 Å². The molecule has 1 fully saturated rings. The molecule has 158 valence electrons. The van der Waals surface area contributed by atoms with Crippen molar-refractivity contribution in [3.63, 3.8) is 0 Å². The minimum Gasteiger partial charge on any atom is -0.318 e. The fourth-order valence-corrected chi connectivity index (χ4v) is 4.85. The van der Waals surface area contributed by atoms with Crippen molar-refractivity contribution in [2.45, 2.75) is 34.6 Å². The van der Waals surface area contributed by atoms with Gasteiger partial charge in [0, 0.05) is 20.6 Å². The number of rotatable bonds is 3. The minimum absolute atomic E-state index is 0.107. The van der Waals surface area contributed by atoms with E-state index in [1.54, 1.807) is 0 Å². The summed E-state index contributed by atoms with van der Waals surface area (Å²) < 4.78 is 3.49. The summed E-state index contributed by atoms with van der Waals surface area (Å²) in [6, 6.07) is 14.6. The summed E-state index contributed by atoms with van der Waals surface area (Å²) in [7, 11) is 0. The summed E-state index contributed by atoms with van der Waals surface area (Å²) in [6.07, 6.45) is 1.96. The third-order valence-electron chi connectivity index (χ3n) is 5.61. The molecule has 0 radical (unpaired) electrons. The van der Waals surface area contributed by atoms with E-state index in [2.05, 4.69) is 95.5 Å². The van der Waals surface area contributed by atoms with E-state index < -0.39 is 0 Å². The first-order chi connectivity index (χ1) is 14.7. The highest BCUT2D eigenvalue weighted by atomic mass is 127. The second-order valence-electron chi connectivity index (χ2n) is 7.80. The van der Waals surface area contributed by atoms with Crippen LogP contribution in [0.15, 0.2) is 52.4 Å². The third-order valence-corrected chi connectivity index (χ3v) is 7.73. The summed E-state index contributed by atoms with van der Waals surface area (Å²) in [4.78, 5) is 17.9. The van der Waals surface area contributed by atoms with Crippen LogP contribution in [0.3, 0.4) is 0 Å². The molecule has 31 heavy (non-hydrogen) atoms. The molecule has 1 amide bonds. The van der Waals surface area contributed by atoms with Crippen LogP contribution in [0.25, 0.3) is 11.8 Å². The van der Waals surface area contributed by atoms with E-state index >= 15 is 0 Å². The van der Waals surface area contributed by atoms with Crippen LogP contribution in [0.2, 0.25) is 0 Å². The molecule has 6 heteroatoms. The Morgan fingerprint density at radius 2 is 1.81 bits per heavy atom. The Bertz CT molecular complexity index is 1270. The van der Waals surface area contributed by atoms with Gasteiger partial charge in [-0.05, 0) is 128 Å². The SMILES string of the molecule is Cc1cc(-n2c(C)cc(/C=C3\SC(=Nc4cccc(C)c4C)NC3=O)c2C)ccc1I. The fourth-order valence-electron chi connectivity index (χ4n) is 3.69. The number of amides is 1. The van der Waals surface area contributed by atoms with Gasteiger partial charge in [-0.15, -0.1) is 0 Å². The molecule has 2 heterocycles. The molecular weight excluding hydrogens is 517 g/mol. The Morgan fingerprint density at radius 1 is 1.03 bits per heavy atom. The molecule has 1 N–H and O–H groups in total. The molecule has 1 aliphatic heterocycles. The van der Waals surface area contributed by atoms with Gasteiger partial charge in [0.15, 0.2) is 5.17 Å². The number of thioether (sulfide) groups is 1. The van der Waals surface area contributed by atoms with Gasteiger partial charge in [-0.1, -0.05) is 12.1 Å². The first-order valence-electron chi connectivity index (χ1n) is 10.1. The lowest BCUT2D eigenvalue weighted by molar-refractivity contribution is -0.115. The lowest BCUT2D eigenvalue weighted by Crippen LogP contribution is -2.19. The number of hydrogen-bond donors (Lipinski definition) is 1. The zero-order valence-electron chi connectivity index (χ0n) is 18.2. The summed E-state index contributed by atoms with van der Waals surface area (Å²) >= 11 is 3.74. The normalized spacial score (nSPS) is 16.4. The van der Waals surface area contributed by atoms with Crippen LogP contribution in [0.5, 0.6) is 0 Å². The van der Waals surface area contributed by atoms with Crippen LogP contribution in [0.4, 0.5) is 5.69 Å². The van der Waals surface area contributed by atoms with Gasteiger partial charge in [0.25, 0.3) is 5.91 Å². The van der Waals surface area contributed by atoms with Crippen molar-refractivity contribution in [2.24, 2.45) is 4.99 Å². The molecule has 1 aromatic heterocycles. The predicted octanol–water partition coefficient (Wildman–Crippen LogP) is 6.52. The van der Waals surface area contributed by atoms with Crippen LogP contribution in [0, 0.1) is 38.2 Å². The largest absolute Gasteiger partial charge is 0.318 e. The van der Waals surface area contributed by atoms with Crippen LogP contribution in [0.1, 0.15) is 33.6 Å². The molecule has 0 bridgehead atoms. The molecule has 4 nitrogen and oxygen atoms in total. The van der Waals surface area contributed by atoms with Crippen molar-refractivity contribution in [3.8, 4) is 5.69 Å². The van der Waals surface area contributed by atoms with Crippen molar-refractivity contribution in [1.29, 1.82) is 0 Å². The minimum atomic E-state index is -0.107. The van der Waals surface area contributed by atoms with Gasteiger partial charge in [-0.2, -0.15) is 0 Å². The number of nitrogens with one attached hydrogen (secondary N) is 1. The highest BCUT2D eigenvalue weighted by molar-refractivity contribution is 14.1. The third kappa shape index (κ3) is 4.36. The molecule has 0 saturated carbocycles. The Kier molecular flexibility index (Phi) is 6.12. The Labute approximate surface area is 201 Å². The molecule has 0 unspecified atom stereocenters. The average Bonchev–Trinajstić information content (AvgIpc) is 3.20. The number of aliphatic imine (C=N–C) groups is 1. The van der Waals surface area contributed by atoms with Crippen LogP contribution < -0.4 is 5.32 Å². The zero-order chi connectivity index (χ0) is 22.3. The average molecular weight is 541 g/mol. The van der Waals surface area contributed by atoms with E-state index in [0.717, 1.165) is 33.9 Å². The summed E-state index contributed by atoms with van der Waals surface area (Å²) in [6.45, 7) is 10.4. The quantitative estimate of drug-likeness (QED) is 0.303. The smallest absolute Gasteiger partial charge is 0.264 e. The maximum atomic E-state index is 12.6. The van der Waals surface area contributed by atoms with E-state index in [1.165, 1.54) is 26.5 Å². The monoisotopic (exact) mass is 541 g/mol. The van der Waals surface area contributed by atoms with E-state index in [1.807, 2.05) is 25.1 Å². The van der Waals surface area contributed by atoms with Gasteiger partial charge < -0.3 is 9.88 Å². The number of nitrogens with zero attached hydrogens (tertiary/aromatic N) is 2. The zero-order valence-corrected chi connectivity index (χ0v) is 21.2. The molecule has 0 atom stereocenters. The number of halogens is 1. The fraction of sp³-hybridized carbons (Fsp3) is 0.200. The van der Waals surface area contributed by atoms with Gasteiger partial charge in [0.05, 0.1) is 10.6 Å². The summed E-state index contributed by atoms with van der Waals surface area (Å²) in [5.41, 5.74) is 8.87. The second kappa shape index (κ2) is 8.67. The number of benzene rings is 2. The lowest BCUT2D eigenvalue weighted by Gasteiger charge is -2.11. The topological polar surface area (TPSA) is 46.4 Å². The van der Waals surface area contributed by atoms with Gasteiger partial charge in [-0.25, -0.2) is 4.99 Å². The number of aromatic nitrogens is 1. The van der Waals surface area contributed by atoms with E-state index in [9.17, 15) is 4.79 Å². The molecular formula is C25H24IN3OS. The first-order valence-corrected chi connectivity index (χ1v) is 12.0. The van der Waals surface area contributed by atoms with Crippen molar-refractivity contribution >= 4 is 57.2 Å². The highest BCUT2D eigenvalue weighted by Gasteiger charge is 2.25. The number of carbonyl (C=O) groups is 1. The van der Waals surface area contributed by atoms with Gasteiger partial charge in [-0.3, -0.25) is 4.79 Å². The Balaban J connectivity index is 1.66. The molecule has 0 spiro atoms. The number of carbonyl (C=O) groups excluding carboxylic acids is 1. The Hall–Kier alpha value is -2.32. The number of aryl methyl sites for hydroxylation is 3. The molecule has 1 aliphatic rings. The van der Waals surface area contributed by atoms with Crippen molar-refractivity contribution < 1.29 is 4.79 Å². The molecule has 3 aromatic rings.